The molecule has 1 aliphatic rings. The van der Waals surface area contributed by atoms with Gasteiger partial charge in [-0.15, -0.1) is 0 Å². The second kappa shape index (κ2) is 11.6. The highest BCUT2D eigenvalue weighted by molar-refractivity contribution is 6.04. The number of aliphatic hydroxyl groups excluding tert-OH is 1. The molecule has 1 aliphatic heterocycles. The highest BCUT2D eigenvalue weighted by Crippen LogP contribution is 2.45. The number of alkyl halides is 3. The van der Waals surface area contributed by atoms with Crippen LogP contribution in [0.5, 0.6) is 0 Å². The zero-order valence-corrected chi connectivity index (χ0v) is 21.7. The SMILES string of the molecule is CC.N=Cc1cc2c(cc1N)c(-c1ccc(C(O)C(F)(F)F)cc1)c(C1CCOCC1)n2-c1ccc(F)cc1. The number of aromatic nitrogens is 1. The number of nitrogens with two attached hydrogens (primary N) is 1. The molecule has 206 valence electrons. The summed E-state index contributed by atoms with van der Waals surface area (Å²) in [5.41, 5.74) is 10.7. The van der Waals surface area contributed by atoms with Crippen LogP contribution in [-0.2, 0) is 4.74 Å². The van der Waals surface area contributed by atoms with Gasteiger partial charge in [0.05, 0.1) is 5.52 Å². The van der Waals surface area contributed by atoms with Crippen molar-refractivity contribution in [2.45, 2.75) is 44.9 Å². The number of fused-ring (bicyclic) bond motifs is 1. The summed E-state index contributed by atoms with van der Waals surface area (Å²) in [5.74, 6) is -0.331. The van der Waals surface area contributed by atoms with Crippen molar-refractivity contribution < 1.29 is 27.4 Å². The Bertz CT molecular complexity index is 1440. The second-order valence-electron chi connectivity index (χ2n) is 9.17. The van der Waals surface area contributed by atoms with Crippen molar-refractivity contribution in [3.05, 3.63) is 83.3 Å². The number of ether oxygens (including phenoxy) is 1. The Morgan fingerprint density at radius 1 is 1.03 bits per heavy atom. The van der Waals surface area contributed by atoms with E-state index in [0.717, 1.165) is 41.2 Å². The summed E-state index contributed by atoms with van der Waals surface area (Å²) >= 11 is 0. The van der Waals surface area contributed by atoms with E-state index in [1.54, 1.807) is 36.4 Å². The maximum Gasteiger partial charge on any atom is 0.418 e. The van der Waals surface area contributed by atoms with E-state index in [4.69, 9.17) is 15.9 Å². The third kappa shape index (κ3) is 5.55. The molecule has 1 aromatic heterocycles. The first-order valence-electron chi connectivity index (χ1n) is 12.9. The molecule has 39 heavy (non-hydrogen) atoms. The first kappa shape index (κ1) is 28.3. The molecule has 0 amide bonds. The molecule has 0 radical (unpaired) electrons. The number of nitrogens with one attached hydrogen (secondary N) is 1. The van der Waals surface area contributed by atoms with E-state index in [1.807, 2.05) is 18.4 Å². The molecule has 9 heteroatoms. The minimum Gasteiger partial charge on any atom is -0.398 e. The van der Waals surface area contributed by atoms with Gasteiger partial charge in [-0.3, -0.25) is 0 Å². The number of rotatable bonds is 5. The van der Waals surface area contributed by atoms with E-state index in [-0.39, 0.29) is 17.3 Å². The monoisotopic (exact) mass is 541 g/mol. The van der Waals surface area contributed by atoms with Crippen LogP contribution in [0.25, 0.3) is 27.7 Å². The quantitative estimate of drug-likeness (QED) is 0.139. The molecule has 0 aliphatic carbocycles. The smallest absolute Gasteiger partial charge is 0.398 e. The van der Waals surface area contributed by atoms with Gasteiger partial charge in [0, 0.05) is 58.9 Å². The molecule has 0 saturated carbocycles. The van der Waals surface area contributed by atoms with E-state index in [9.17, 15) is 22.7 Å². The van der Waals surface area contributed by atoms with Gasteiger partial charge in [0.1, 0.15) is 5.82 Å². The average Bonchev–Trinajstić information content (AvgIpc) is 3.27. The first-order valence-corrected chi connectivity index (χ1v) is 12.9. The molecule has 4 N–H and O–H groups in total. The number of aliphatic hydroxyl groups is 1. The van der Waals surface area contributed by atoms with Gasteiger partial charge in [-0.05, 0) is 60.4 Å². The maximum atomic E-state index is 13.8. The van der Waals surface area contributed by atoms with E-state index in [2.05, 4.69) is 0 Å². The maximum absolute atomic E-state index is 13.8. The van der Waals surface area contributed by atoms with Crippen LogP contribution in [0.15, 0.2) is 60.7 Å². The molecule has 2 heterocycles. The summed E-state index contributed by atoms with van der Waals surface area (Å²) in [5, 5.41) is 18.3. The van der Waals surface area contributed by atoms with Gasteiger partial charge in [-0.25, -0.2) is 4.39 Å². The van der Waals surface area contributed by atoms with Gasteiger partial charge in [0.2, 0.25) is 0 Å². The molecular formula is C30H31F4N3O2. The number of nitrogens with zero attached hydrogens (tertiary/aromatic N) is 1. The van der Waals surface area contributed by atoms with Crippen LogP contribution < -0.4 is 5.73 Å². The number of benzene rings is 3. The Labute approximate surface area is 224 Å². The predicted molar refractivity (Wildman–Crippen MR) is 146 cm³/mol. The molecule has 0 bridgehead atoms. The van der Waals surface area contributed by atoms with Gasteiger partial charge in [-0.2, -0.15) is 13.2 Å². The van der Waals surface area contributed by atoms with Crippen molar-refractivity contribution >= 4 is 22.8 Å². The van der Waals surface area contributed by atoms with E-state index in [1.165, 1.54) is 24.3 Å². The minimum absolute atomic E-state index is 0.0475. The zero-order chi connectivity index (χ0) is 28.3. The summed E-state index contributed by atoms with van der Waals surface area (Å²) < 4.78 is 60.7. The molecule has 3 aromatic carbocycles. The van der Waals surface area contributed by atoms with Gasteiger partial charge in [-0.1, -0.05) is 38.1 Å². The van der Waals surface area contributed by atoms with Crippen LogP contribution in [0.1, 0.15) is 55.5 Å². The van der Waals surface area contributed by atoms with Crippen molar-refractivity contribution in [1.82, 2.24) is 4.57 Å². The summed E-state index contributed by atoms with van der Waals surface area (Å²) in [6.45, 7) is 5.11. The number of hydrogen-bond donors (Lipinski definition) is 3. The van der Waals surface area contributed by atoms with E-state index >= 15 is 0 Å². The molecule has 1 saturated heterocycles. The second-order valence-corrected chi connectivity index (χ2v) is 9.17. The Kier molecular flexibility index (Phi) is 8.42. The lowest BCUT2D eigenvalue weighted by molar-refractivity contribution is -0.206. The standard InChI is InChI=1S/C28H25F4N3O2.C2H6/c29-20-5-7-21(8-6-20)35-24-13-19(15-33)23(34)14-22(24)25(26(35)17-9-11-37-12-10-17)16-1-3-18(4-2-16)27(36)28(30,31)32;1-2/h1-8,13-15,17,27,33,36H,9-12,34H2;1-2H3. The van der Waals surface area contributed by atoms with Crippen LogP contribution in [0.4, 0.5) is 23.2 Å². The first-order chi connectivity index (χ1) is 18.7. The van der Waals surface area contributed by atoms with Crippen LogP contribution in [0, 0.1) is 11.2 Å². The molecule has 4 aromatic rings. The third-order valence-corrected chi connectivity index (χ3v) is 6.88. The molecule has 0 spiro atoms. The van der Waals surface area contributed by atoms with Gasteiger partial charge >= 0.3 is 6.18 Å². The van der Waals surface area contributed by atoms with Gasteiger partial charge in [0.15, 0.2) is 6.10 Å². The molecule has 1 unspecified atom stereocenters. The van der Waals surface area contributed by atoms with Crippen LogP contribution in [0.3, 0.4) is 0 Å². The molecule has 1 atom stereocenters. The van der Waals surface area contributed by atoms with Gasteiger partial charge in [0.25, 0.3) is 0 Å². The van der Waals surface area contributed by atoms with Crippen molar-refractivity contribution in [3.63, 3.8) is 0 Å². The Hall–Kier alpha value is -3.69. The molecule has 1 fully saturated rings. The number of halogens is 4. The number of nitrogen functional groups attached to an aromatic ring is 1. The van der Waals surface area contributed by atoms with Crippen molar-refractivity contribution in [1.29, 1.82) is 5.41 Å². The normalized spacial score (nSPS) is 15.1. The third-order valence-electron chi connectivity index (χ3n) is 6.88. The highest BCUT2D eigenvalue weighted by Gasteiger charge is 2.39. The number of anilines is 1. The van der Waals surface area contributed by atoms with Crippen LogP contribution in [0.2, 0.25) is 0 Å². The molecule has 5 nitrogen and oxygen atoms in total. The van der Waals surface area contributed by atoms with E-state index in [0.29, 0.717) is 35.7 Å². The topological polar surface area (TPSA) is 84.3 Å². The minimum atomic E-state index is -4.77. The highest BCUT2D eigenvalue weighted by atomic mass is 19.4. The predicted octanol–water partition coefficient (Wildman–Crippen LogP) is 7.53. The van der Waals surface area contributed by atoms with Crippen molar-refractivity contribution in [3.8, 4) is 16.8 Å². The lowest BCUT2D eigenvalue weighted by Gasteiger charge is -2.26. The Morgan fingerprint density at radius 3 is 2.21 bits per heavy atom. The van der Waals surface area contributed by atoms with Crippen LogP contribution >= 0.6 is 0 Å². The van der Waals surface area contributed by atoms with Gasteiger partial charge < -0.3 is 25.6 Å². The number of hydrogen-bond acceptors (Lipinski definition) is 4. The molecular weight excluding hydrogens is 510 g/mol. The fraction of sp³-hybridized carbons (Fsp3) is 0.300. The van der Waals surface area contributed by atoms with Crippen molar-refractivity contribution in [2.75, 3.05) is 18.9 Å². The zero-order valence-electron chi connectivity index (χ0n) is 21.7. The summed E-state index contributed by atoms with van der Waals surface area (Å²) in [6.07, 6.45) is -4.74. The summed E-state index contributed by atoms with van der Waals surface area (Å²) in [6, 6.07) is 15.3. The fourth-order valence-corrected chi connectivity index (χ4v) is 5.06. The lowest BCUT2D eigenvalue weighted by atomic mass is 9.89. The van der Waals surface area contributed by atoms with Crippen LogP contribution in [-0.4, -0.2) is 35.3 Å². The Morgan fingerprint density at radius 2 is 1.64 bits per heavy atom. The molecule has 5 rings (SSSR count). The summed E-state index contributed by atoms with van der Waals surface area (Å²) in [7, 11) is 0. The largest absolute Gasteiger partial charge is 0.418 e. The van der Waals surface area contributed by atoms with E-state index < -0.39 is 12.3 Å². The lowest BCUT2D eigenvalue weighted by Crippen LogP contribution is -2.20. The Balaban J connectivity index is 0.00000172. The van der Waals surface area contributed by atoms with Crippen molar-refractivity contribution in [2.24, 2.45) is 0 Å². The fourth-order valence-electron chi connectivity index (χ4n) is 5.06. The average molecular weight is 542 g/mol. The summed E-state index contributed by atoms with van der Waals surface area (Å²) in [4.78, 5) is 0.